The molecule has 0 saturated heterocycles. The summed E-state index contributed by atoms with van der Waals surface area (Å²) >= 11 is 2.20. The molecule has 0 aromatic heterocycles. The molecule has 0 saturated carbocycles. The third-order valence-corrected chi connectivity index (χ3v) is 12.4. The van der Waals surface area contributed by atoms with Crippen LogP contribution in [0.4, 0.5) is 0 Å². The number of halogens is 1. The first-order valence-corrected chi connectivity index (χ1v) is 16.3. The monoisotopic (exact) mass is 594 g/mol. The van der Waals surface area contributed by atoms with Gasteiger partial charge < -0.3 is 19.0 Å². The number of methoxy groups -OCH3 is 2. The summed E-state index contributed by atoms with van der Waals surface area (Å²) in [6, 6.07) is 0. The van der Waals surface area contributed by atoms with Crippen LogP contribution in [0.1, 0.15) is 54.9 Å². The van der Waals surface area contributed by atoms with E-state index in [1.165, 1.54) is 0 Å². The minimum absolute atomic E-state index is 0.0140. The molecular weight excluding hydrogens is 543 g/mol. The van der Waals surface area contributed by atoms with E-state index in [0.29, 0.717) is 0 Å². The molecule has 33 heavy (non-hydrogen) atoms. The maximum Gasteiger partial charge on any atom is 0.192 e. The van der Waals surface area contributed by atoms with Crippen LogP contribution < -0.4 is 0 Å². The molecule has 4 nitrogen and oxygen atoms in total. The second-order valence-electron chi connectivity index (χ2n) is 11.0. The fourth-order valence-corrected chi connectivity index (χ4v) is 5.70. The SMILES string of the molecule is C=C[C@H](C)[C@H](O[Si](C)(C)C(C)(C)C)[C@@H](C)[C@@H](OC)[C@@H](C)/C=C/C(O)[C@H](C)[C@@H](C/C=C/I)OC. The van der Waals surface area contributed by atoms with Gasteiger partial charge in [-0.3, -0.25) is 0 Å². The maximum absolute atomic E-state index is 10.8. The topological polar surface area (TPSA) is 47.9 Å². The van der Waals surface area contributed by atoms with Crippen LogP contribution in [0.3, 0.4) is 0 Å². The lowest BCUT2D eigenvalue weighted by Gasteiger charge is -2.44. The Morgan fingerprint density at radius 3 is 1.94 bits per heavy atom. The molecule has 0 aliphatic rings. The van der Waals surface area contributed by atoms with Crippen LogP contribution in [0.5, 0.6) is 0 Å². The van der Waals surface area contributed by atoms with Gasteiger partial charge in [0, 0.05) is 32.0 Å². The van der Waals surface area contributed by atoms with Crippen LogP contribution in [0, 0.1) is 23.7 Å². The molecule has 1 unspecified atom stereocenters. The molecular formula is C27H51IO4Si. The van der Waals surface area contributed by atoms with Crippen LogP contribution in [-0.4, -0.2) is 52.1 Å². The summed E-state index contributed by atoms with van der Waals surface area (Å²) in [5.74, 6) is 0.471. The van der Waals surface area contributed by atoms with Crippen molar-refractivity contribution in [2.75, 3.05) is 14.2 Å². The molecule has 0 aliphatic heterocycles. The molecule has 0 radical (unpaired) electrons. The predicted molar refractivity (Wildman–Crippen MR) is 153 cm³/mol. The first kappa shape index (κ1) is 33.0. The normalized spacial score (nSPS) is 20.9. The van der Waals surface area contributed by atoms with E-state index in [-0.39, 0.29) is 47.0 Å². The third kappa shape index (κ3) is 10.3. The Morgan fingerprint density at radius 2 is 1.52 bits per heavy atom. The molecule has 0 rings (SSSR count). The van der Waals surface area contributed by atoms with E-state index in [1.54, 1.807) is 14.2 Å². The van der Waals surface area contributed by atoms with E-state index in [9.17, 15) is 5.11 Å². The van der Waals surface area contributed by atoms with Gasteiger partial charge in [-0.05, 0) is 34.6 Å². The summed E-state index contributed by atoms with van der Waals surface area (Å²) < 4.78 is 20.5. The Kier molecular flexibility index (Phi) is 15.2. The van der Waals surface area contributed by atoms with E-state index in [4.69, 9.17) is 13.9 Å². The predicted octanol–water partition coefficient (Wildman–Crippen LogP) is 7.39. The molecule has 0 aromatic rings. The largest absolute Gasteiger partial charge is 0.413 e. The van der Waals surface area contributed by atoms with Gasteiger partial charge in [0.05, 0.1) is 24.4 Å². The highest BCUT2D eigenvalue weighted by Crippen LogP contribution is 2.40. The molecule has 6 heteroatoms. The van der Waals surface area contributed by atoms with Gasteiger partial charge in [0.15, 0.2) is 8.32 Å². The van der Waals surface area contributed by atoms with Crippen LogP contribution in [0.2, 0.25) is 18.1 Å². The first-order chi connectivity index (χ1) is 15.2. The molecule has 194 valence electrons. The van der Waals surface area contributed by atoms with Crippen LogP contribution in [0.15, 0.2) is 35.0 Å². The molecule has 0 spiro atoms. The number of hydrogen-bond acceptors (Lipinski definition) is 4. The number of hydrogen-bond donors (Lipinski definition) is 1. The minimum Gasteiger partial charge on any atom is -0.413 e. The van der Waals surface area contributed by atoms with Crippen molar-refractivity contribution in [2.24, 2.45) is 23.7 Å². The fourth-order valence-electron chi connectivity index (χ4n) is 3.94. The summed E-state index contributed by atoms with van der Waals surface area (Å²) in [6.07, 6.45) is 8.18. The lowest BCUT2D eigenvalue weighted by Crippen LogP contribution is -2.49. The summed E-state index contributed by atoms with van der Waals surface area (Å²) in [7, 11) is 1.51. The number of aliphatic hydroxyl groups excluding tert-OH is 1. The highest BCUT2D eigenvalue weighted by atomic mass is 127. The molecule has 1 N–H and O–H groups in total. The van der Waals surface area contributed by atoms with Crippen LogP contribution in [-0.2, 0) is 13.9 Å². The smallest absolute Gasteiger partial charge is 0.192 e. The van der Waals surface area contributed by atoms with Gasteiger partial charge in [-0.1, -0.05) is 95.4 Å². The quantitative estimate of drug-likeness (QED) is 0.122. The highest BCUT2D eigenvalue weighted by Gasteiger charge is 2.42. The van der Waals surface area contributed by atoms with Crippen molar-refractivity contribution in [1.29, 1.82) is 0 Å². The summed E-state index contributed by atoms with van der Waals surface area (Å²) in [6.45, 7) is 24.0. The average molecular weight is 595 g/mol. The van der Waals surface area contributed by atoms with Crippen molar-refractivity contribution < 1.29 is 19.0 Å². The van der Waals surface area contributed by atoms with Crippen LogP contribution >= 0.6 is 22.6 Å². The van der Waals surface area contributed by atoms with Gasteiger partial charge in [0.2, 0.25) is 0 Å². The number of rotatable bonds is 15. The van der Waals surface area contributed by atoms with Gasteiger partial charge in [-0.15, -0.1) is 6.58 Å². The minimum atomic E-state index is -1.96. The van der Waals surface area contributed by atoms with Crippen molar-refractivity contribution in [1.82, 2.24) is 0 Å². The highest BCUT2D eigenvalue weighted by molar-refractivity contribution is 14.1. The molecule has 0 aliphatic carbocycles. The van der Waals surface area contributed by atoms with E-state index >= 15 is 0 Å². The van der Waals surface area contributed by atoms with Crippen LogP contribution in [0.25, 0.3) is 0 Å². The molecule has 0 amide bonds. The van der Waals surface area contributed by atoms with Gasteiger partial charge in [0.1, 0.15) is 0 Å². The second-order valence-corrected chi connectivity index (χ2v) is 16.4. The first-order valence-electron chi connectivity index (χ1n) is 12.2. The van der Waals surface area contributed by atoms with Gasteiger partial charge >= 0.3 is 0 Å². The van der Waals surface area contributed by atoms with E-state index in [1.807, 2.05) is 23.2 Å². The zero-order chi connectivity index (χ0) is 26.0. The Labute approximate surface area is 219 Å². The zero-order valence-corrected chi connectivity index (χ0v) is 26.1. The van der Waals surface area contributed by atoms with Crippen molar-refractivity contribution in [3.63, 3.8) is 0 Å². The average Bonchev–Trinajstić information content (AvgIpc) is 2.75. The molecule has 0 aromatic carbocycles. The Morgan fingerprint density at radius 1 is 0.939 bits per heavy atom. The molecule has 8 atom stereocenters. The van der Waals surface area contributed by atoms with Crippen molar-refractivity contribution in [3.8, 4) is 0 Å². The van der Waals surface area contributed by atoms with E-state index < -0.39 is 14.4 Å². The lowest BCUT2D eigenvalue weighted by molar-refractivity contribution is -0.0306. The number of ether oxygens (including phenoxy) is 2. The summed E-state index contributed by atoms with van der Waals surface area (Å²) in [4.78, 5) is 0. The summed E-state index contributed by atoms with van der Waals surface area (Å²) in [5, 5.41) is 10.9. The summed E-state index contributed by atoms with van der Waals surface area (Å²) in [5.41, 5.74) is 0. The zero-order valence-electron chi connectivity index (χ0n) is 23.0. The molecule has 0 bridgehead atoms. The van der Waals surface area contributed by atoms with Crippen molar-refractivity contribution >= 4 is 30.9 Å². The van der Waals surface area contributed by atoms with Crippen molar-refractivity contribution in [2.45, 2.75) is 97.4 Å². The third-order valence-electron chi connectivity index (χ3n) is 7.45. The molecule has 0 fully saturated rings. The van der Waals surface area contributed by atoms with Gasteiger partial charge in [-0.2, -0.15) is 0 Å². The Bertz CT molecular complexity index is 614. The Balaban J connectivity index is 5.58. The maximum atomic E-state index is 10.8. The fraction of sp³-hybridized carbons (Fsp3) is 0.778. The van der Waals surface area contributed by atoms with Gasteiger partial charge in [0.25, 0.3) is 0 Å². The van der Waals surface area contributed by atoms with Crippen molar-refractivity contribution in [3.05, 3.63) is 35.0 Å². The molecule has 0 heterocycles. The number of aliphatic hydroxyl groups is 1. The standard InChI is InChI=1S/C27H51IO4Si/c1-13-19(2)26(32-33(11,12)27(6,7)8)22(5)25(31-10)20(3)16-17-23(29)21(4)24(30-9)15-14-18-28/h13-14,16-26,29H,1,15H2,2-12H3/b17-16+,18-14+/t19-,20-,21-,22-,23?,24+,25-,26-/m0/s1. The second kappa shape index (κ2) is 15.2. The van der Waals surface area contributed by atoms with Gasteiger partial charge in [-0.25, -0.2) is 0 Å². The Hall–Kier alpha value is 0.00688. The van der Waals surface area contributed by atoms with E-state index in [0.717, 1.165) is 6.42 Å². The van der Waals surface area contributed by atoms with E-state index in [2.05, 4.69) is 96.0 Å². The lowest BCUT2D eigenvalue weighted by atomic mass is 9.83.